The van der Waals surface area contributed by atoms with Gasteiger partial charge in [-0.1, -0.05) is 6.07 Å². The number of pyridine rings is 1. The second kappa shape index (κ2) is 6.87. The lowest BCUT2D eigenvalue weighted by Gasteiger charge is -2.34. The van der Waals surface area contributed by atoms with Crippen LogP contribution in [0.3, 0.4) is 0 Å². The van der Waals surface area contributed by atoms with E-state index >= 15 is 0 Å². The summed E-state index contributed by atoms with van der Waals surface area (Å²) in [6.07, 6.45) is 8.14. The van der Waals surface area contributed by atoms with Gasteiger partial charge in [0, 0.05) is 18.9 Å². The molecule has 0 unspecified atom stereocenters. The predicted octanol–water partition coefficient (Wildman–Crippen LogP) is 1.93. The fraction of sp³-hybridized carbons (Fsp3) is 0.375. The fourth-order valence-electron chi connectivity index (χ4n) is 2.82. The number of carbonyl (C=O) groups excluding carboxylic acids is 2. The molecule has 0 aromatic carbocycles. The van der Waals surface area contributed by atoms with Gasteiger partial charge in [0.2, 0.25) is 5.91 Å². The first-order valence-corrected chi connectivity index (χ1v) is 8.40. The number of thiazole rings is 1. The smallest absolute Gasteiger partial charge is 0.260 e. The number of rotatable bonds is 4. The maximum absolute atomic E-state index is 12.7. The van der Waals surface area contributed by atoms with E-state index in [-0.39, 0.29) is 11.9 Å². The Balaban J connectivity index is 1.77. The molecule has 6 nitrogen and oxygen atoms in total. The fourth-order valence-corrected chi connectivity index (χ4v) is 3.74. The number of nitrogens with zero attached hydrogens (tertiary/aromatic N) is 3. The monoisotopic (exact) mass is 330 g/mol. The summed E-state index contributed by atoms with van der Waals surface area (Å²) in [5.41, 5.74) is 6.20. The second-order valence-corrected chi connectivity index (χ2v) is 6.63. The van der Waals surface area contributed by atoms with E-state index in [1.54, 1.807) is 12.4 Å². The molecule has 120 valence electrons. The van der Waals surface area contributed by atoms with Crippen molar-refractivity contribution in [3.8, 4) is 0 Å². The lowest BCUT2D eigenvalue weighted by molar-refractivity contribution is -0.134. The second-order valence-electron chi connectivity index (χ2n) is 5.56. The van der Waals surface area contributed by atoms with E-state index in [0.717, 1.165) is 36.4 Å². The van der Waals surface area contributed by atoms with Crippen molar-refractivity contribution >= 4 is 23.2 Å². The van der Waals surface area contributed by atoms with Crippen LogP contribution in [0.2, 0.25) is 0 Å². The zero-order valence-corrected chi connectivity index (χ0v) is 13.5. The van der Waals surface area contributed by atoms with Gasteiger partial charge in [-0.05, 0) is 30.9 Å². The van der Waals surface area contributed by atoms with Gasteiger partial charge >= 0.3 is 0 Å². The van der Waals surface area contributed by atoms with E-state index in [0.29, 0.717) is 11.3 Å². The predicted molar refractivity (Wildman–Crippen MR) is 86.9 cm³/mol. The Bertz CT molecular complexity index is 701. The number of aromatic nitrogens is 2. The molecule has 23 heavy (non-hydrogen) atoms. The van der Waals surface area contributed by atoms with Crippen molar-refractivity contribution in [2.24, 2.45) is 5.73 Å². The molecule has 1 aliphatic rings. The summed E-state index contributed by atoms with van der Waals surface area (Å²) >= 11 is 1.28. The molecule has 0 saturated carbocycles. The van der Waals surface area contributed by atoms with Crippen LogP contribution in [0.25, 0.3) is 0 Å². The minimum absolute atomic E-state index is 0.0639. The SMILES string of the molecule is NC(=O)c1cnc([C@H]2CCCCN2C(=O)Cc2cccnc2)s1. The number of likely N-dealkylation sites (tertiary alicyclic amines) is 1. The van der Waals surface area contributed by atoms with Crippen LogP contribution in [0, 0.1) is 0 Å². The Labute approximate surface area is 138 Å². The summed E-state index contributed by atoms with van der Waals surface area (Å²) in [6, 6.07) is 3.67. The quantitative estimate of drug-likeness (QED) is 0.927. The molecule has 2 amide bonds. The van der Waals surface area contributed by atoms with Crippen molar-refractivity contribution in [3.05, 3.63) is 46.2 Å². The number of piperidine rings is 1. The molecule has 1 atom stereocenters. The maximum Gasteiger partial charge on any atom is 0.260 e. The van der Waals surface area contributed by atoms with Crippen LogP contribution >= 0.6 is 11.3 Å². The summed E-state index contributed by atoms with van der Waals surface area (Å²) in [7, 11) is 0. The highest BCUT2D eigenvalue weighted by atomic mass is 32.1. The Morgan fingerprint density at radius 2 is 2.22 bits per heavy atom. The first kappa shape index (κ1) is 15.6. The number of hydrogen-bond donors (Lipinski definition) is 1. The number of carbonyl (C=O) groups is 2. The van der Waals surface area contributed by atoms with Crippen LogP contribution in [0.1, 0.15) is 45.5 Å². The van der Waals surface area contributed by atoms with Gasteiger partial charge in [-0.3, -0.25) is 14.6 Å². The standard InChI is InChI=1S/C16H18N4O2S/c17-15(22)13-10-19-16(23-13)12-5-1-2-7-20(12)14(21)8-11-4-3-6-18-9-11/h3-4,6,9-10,12H,1-2,5,7-8H2,(H2,17,22)/t12-/m1/s1. The molecule has 1 aliphatic heterocycles. The van der Waals surface area contributed by atoms with Crippen LogP contribution in [0.5, 0.6) is 0 Å². The molecular formula is C16H18N4O2S. The molecule has 1 fully saturated rings. The summed E-state index contributed by atoms with van der Waals surface area (Å²) < 4.78 is 0. The van der Waals surface area contributed by atoms with E-state index in [1.807, 2.05) is 17.0 Å². The summed E-state index contributed by atoms with van der Waals surface area (Å²) in [6.45, 7) is 0.718. The molecule has 0 bridgehead atoms. The number of hydrogen-bond acceptors (Lipinski definition) is 5. The molecule has 0 spiro atoms. The van der Waals surface area contributed by atoms with Gasteiger partial charge in [0.05, 0.1) is 18.7 Å². The van der Waals surface area contributed by atoms with Crippen molar-refractivity contribution in [1.29, 1.82) is 0 Å². The Morgan fingerprint density at radius 3 is 2.91 bits per heavy atom. The van der Waals surface area contributed by atoms with Gasteiger partial charge in [0.25, 0.3) is 5.91 Å². The van der Waals surface area contributed by atoms with E-state index in [4.69, 9.17) is 5.73 Å². The minimum atomic E-state index is -0.474. The lowest BCUT2D eigenvalue weighted by Crippen LogP contribution is -2.39. The average molecular weight is 330 g/mol. The van der Waals surface area contributed by atoms with Gasteiger partial charge in [0.15, 0.2) is 0 Å². The van der Waals surface area contributed by atoms with E-state index in [2.05, 4.69) is 9.97 Å². The molecule has 7 heteroatoms. The third-order valence-electron chi connectivity index (χ3n) is 3.95. The van der Waals surface area contributed by atoms with Crippen molar-refractivity contribution in [1.82, 2.24) is 14.9 Å². The zero-order valence-electron chi connectivity index (χ0n) is 12.6. The summed E-state index contributed by atoms with van der Waals surface area (Å²) in [5.74, 6) is -0.406. The number of amides is 2. The molecule has 0 aliphatic carbocycles. The Morgan fingerprint density at radius 1 is 1.35 bits per heavy atom. The highest BCUT2D eigenvalue weighted by molar-refractivity contribution is 7.13. The third-order valence-corrected chi connectivity index (χ3v) is 5.07. The van der Waals surface area contributed by atoms with Crippen molar-refractivity contribution in [2.75, 3.05) is 6.54 Å². The Hall–Kier alpha value is -2.28. The number of primary amides is 1. The summed E-state index contributed by atoms with van der Waals surface area (Å²) in [5, 5.41) is 0.790. The van der Waals surface area contributed by atoms with Crippen molar-refractivity contribution in [3.63, 3.8) is 0 Å². The van der Waals surface area contributed by atoms with Gasteiger partial charge in [-0.2, -0.15) is 0 Å². The zero-order chi connectivity index (χ0) is 16.2. The first-order valence-electron chi connectivity index (χ1n) is 7.59. The van der Waals surface area contributed by atoms with Crippen LogP contribution in [0.4, 0.5) is 0 Å². The average Bonchev–Trinajstić information content (AvgIpc) is 3.06. The van der Waals surface area contributed by atoms with Gasteiger partial charge < -0.3 is 10.6 Å². The first-order chi connectivity index (χ1) is 11.1. The maximum atomic E-state index is 12.7. The van der Waals surface area contributed by atoms with Crippen LogP contribution < -0.4 is 5.73 Å². The van der Waals surface area contributed by atoms with Crippen LogP contribution in [0.15, 0.2) is 30.7 Å². The van der Waals surface area contributed by atoms with Gasteiger partial charge in [-0.15, -0.1) is 11.3 Å². The topological polar surface area (TPSA) is 89.2 Å². The number of nitrogens with two attached hydrogens (primary N) is 1. The van der Waals surface area contributed by atoms with Gasteiger partial charge in [0.1, 0.15) is 9.88 Å². The highest BCUT2D eigenvalue weighted by Crippen LogP contribution is 2.33. The van der Waals surface area contributed by atoms with E-state index < -0.39 is 5.91 Å². The van der Waals surface area contributed by atoms with Crippen LogP contribution in [-0.4, -0.2) is 33.2 Å². The normalized spacial score (nSPS) is 17.9. The van der Waals surface area contributed by atoms with Gasteiger partial charge in [-0.25, -0.2) is 4.98 Å². The Kier molecular flexibility index (Phi) is 4.66. The summed E-state index contributed by atoms with van der Waals surface area (Å²) in [4.78, 5) is 34.6. The molecule has 3 rings (SSSR count). The highest BCUT2D eigenvalue weighted by Gasteiger charge is 2.30. The molecule has 3 heterocycles. The minimum Gasteiger partial charge on any atom is -0.365 e. The molecule has 2 N–H and O–H groups in total. The van der Waals surface area contributed by atoms with E-state index in [9.17, 15) is 9.59 Å². The van der Waals surface area contributed by atoms with Crippen molar-refractivity contribution in [2.45, 2.75) is 31.7 Å². The lowest BCUT2D eigenvalue weighted by atomic mass is 10.0. The molecule has 2 aromatic rings. The molecule has 1 saturated heterocycles. The van der Waals surface area contributed by atoms with Crippen molar-refractivity contribution < 1.29 is 9.59 Å². The third kappa shape index (κ3) is 3.56. The van der Waals surface area contributed by atoms with E-state index in [1.165, 1.54) is 17.5 Å². The molecule has 0 radical (unpaired) electrons. The largest absolute Gasteiger partial charge is 0.365 e. The molecule has 2 aromatic heterocycles. The van der Waals surface area contributed by atoms with Crippen LogP contribution in [-0.2, 0) is 11.2 Å². The molecular weight excluding hydrogens is 312 g/mol.